The Hall–Kier alpha value is -0.780. The van der Waals surface area contributed by atoms with Crippen molar-refractivity contribution in [3.63, 3.8) is 0 Å². The van der Waals surface area contributed by atoms with Gasteiger partial charge in [-0.05, 0) is 34.1 Å². The third-order valence-corrected chi connectivity index (χ3v) is 3.34. The number of ether oxygens (including phenoxy) is 1. The van der Waals surface area contributed by atoms with E-state index >= 15 is 0 Å². The lowest BCUT2D eigenvalue weighted by Crippen LogP contribution is -1.94. The molecular weight excluding hydrogens is 371 g/mol. The number of aromatic nitrogens is 1. The summed E-state index contributed by atoms with van der Waals surface area (Å²) in [6, 6.07) is 5.35. The van der Waals surface area contributed by atoms with Crippen molar-refractivity contribution in [1.82, 2.24) is 4.98 Å². The molecule has 0 saturated carbocycles. The zero-order valence-electron chi connectivity index (χ0n) is 8.45. The maximum atomic E-state index is 6.06. The van der Waals surface area contributed by atoms with Crippen molar-refractivity contribution >= 4 is 49.1 Å². The average Bonchev–Trinajstić information content (AvgIpc) is 2.26. The number of anilines is 1. The van der Waals surface area contributed by atoms with Crippen LogP contribution in [-0.4, -0.2) is 4.98 Å². The monoisotopic (exact) mass is 376 g/mol. The summed E-state index contributed by atoms with van der Waals surface area (Å²) in [6.45, 7) is 0. The van der Waals surface area contributed by atoms with Crippen molar-refractivity contribution in [2.24, 2.45) is 0 Å². The molecule has 2 rings (SSSR count). The maximum Gasteiger partial charge on any atom is 0.167 e. The Labute approximate surface area is 120 Å². The minimum atomic E-state index is 0.443. The number of hydrogen-bond donors (Lipinski definition) is 1. The van der Waals surface area contributed by atoms with Gasteiger partial charge in [-0.2, -0.15) is 0 Å². The molecule has 0 saturated heterocycles. The molecule has 6 heteroatoms. The van der Waals surface area contributed by atoms with E-state index in [0.29, 0.717) is 26.7 Å². The Morgan fingerprint density at radius 2 is 2.00 bits per heavy atom. The summed E-state index contributed by atoms with van der Waals surface area (Å²) in [5.74, 6) is 1.04. The Bertz CT molecular complexity index is 543. The fourth-order valence-electron chi connectivity index (χ4n) is 1.21. The second kappa shape index (κ2) is 5.25. The first-order valence-electron chi connectivity index (χ1n) is 4.60. The van der Waals surface area contributed by atoms with Crippen LogP contribution in [0.4, 0.5) is 5.69 Å². The van der Waals surface area contributed by atoms with E-state index in [-0.39, 0.29) is 0 Å². The molecule has 0 bridgehead atoms. The van der Waals surface area contributed by atoms with Crippen LogP contribution in [-0.2, 0) is 0 Å². The minimum Gasteiger partial charge on any atom is -0.452 e. The first-order valence-corrected chi connectivity index (χ1v) is 6.56. The maximum absolute atomic E-state index is 6.06. The van der Waals surface area contributed by atoms with E-state index in [4.69, 9.17) is 22.1 Å². The molecule has 88 valence electrons. The third kappa shape index (κ3) is 2.91. The number of halogens is 3. The van der Waals surface area contributed by atoms with Gasteiger partial charge in [0.15, 0.2) is 5.75 Å². The Kier molecular flexibility index (Phi) is 3.91. The van der Waals surface area contributed by atoms with Crippen LogP contribution >= 0.6 is 43.5 Å². The van der Waals surface area contributed by atoms with E-state index in [9.17, 15) is 0 Å². The number of hydrogen-bond acceptors (Lipinski definition) is 3. The Morgan fingerprint density at radius 3 is 2.65 bits per heavy atom. The molecule has 0 atom stereocenters. The molecule has 0 fully saturated rings. The van der Waals surface area contributed by atoms with E-state index in [1.54, 1.807) is 18.3 Å². The topological polar surface area (TPSA) is 48.1 Å². The van der Waals surface area contributed by atoms with Crippen molar-refractivity contribution in [1.29, 1.82) is 0 Å². The molecule has 0 spiro atoms. The standard InChI is InChI=1S/C11H7Br2ClN2O/c12-6-1-2-10(8(14)3-6)17-11-7(13)4-16-5-9(11)15/h1-5H,15H2. The fraction of sp³-hybridized carbons (Fsp3) is 0. The van der Waals surface area contributed by atoms with Gasteiger partial charge in [-0.25, -0.2) is 0 Å². The molecule has 0 unspecified atom stereocenters. The molecule has 1 heterocycles. The largest absolute Gasteiger partial charge is 0.452 e. The van der Waals surface area contributed by atoms with Gasteiger partial charge in [0, 0.05) is 10.7 Å². The van der Waals surface area contributed by atoms with Crippen LogP contribution in [0.5, 0.6) is 11.5 Å². The number of pyridine rings is 1. The van der Waals surface area contributed by atoms with E-state index in [1.165, 1.54) is 6.20 Å². The number of rotatable bonds is 2. The van der Waals surface area contributed by atoms with Crippen molar-refractivity contribution < 1.29 is 4.74 Å². The molecule has 17 heavy (non-hydrogen) atoms. The summed E-state index contributed by atoms with van der Waals surface area (Å²) in [4.78, 5) is 3.93. The SMILES string of the molecule is Nc1cncc(Br)c1Oc1ccc(Br)cc1Cl. The van der Waals surface area contributed by atoms with Crippen LogP contribution in [0, 0.1) is 0 Å². The van der Waals surface area contributed by atoms with Crippen LogP contribution in [0.1, 0.15) is 0 Å². The van der Waals surface area contributed by atoms with Crippen LogP contribution in [0.2, 0.25) is 5.02 Å². The molecule has 0 amide bonds. The molecule has 2 aromatic rings. The smallest absolute Gasteiger partial charge is 0.167 e. The van der Waals surface area contributed by atoms with Gasteiger partial charge < -0.3 is 10.5 Å². The summed E-state index contributed by atoms with van der Waals surface area (Å²) < 4.78 is 7.22. The normalized spacial score (nSPS) is 10.3. The Balaban J connectivity index is 2.38. The van der Waals surface area contributed by atoms with Crippen LogP contribution in [0.3, 0.4) is 0 Å². The molecular formula is C11H7Br2ClN2O. The van der Waals surface area contributed by atoms with Gasteiger partial charge in [-0.1, -0.05) is 27.5 Å². The third-order valence-electron chi connectivity index (χ3n) is 1.99. The van der Waals surface area contributed by atoms with E-state index < -0.39 is 0 Å². The predicted octanol–water partition coefficient (Wildman–Crippen LogP) is 4.63. The second-order valence-electron chi connectivity index (χ2n) is 3.22. The number of nitrogens with zero attached hydrogens (tertiary/aromatic N) is 1. The van der Waals surface area contributed by atoms with Gasteiger partial charge in [0.2, 0.25) is 0 Å². The first-order chi connectivity index (χ1) is 8.08. The van der Waals surface area contributed by atoms with Gasteiger partial charge >= 0.3 is 0 Å². The van der Waals surface area contributed by atoms with E-state index in [1.807, 2.05) is 6.07 Å². The van der Waals surface area contributed by atoms with Crippen molar-refractivity contribution in [3.05, 3.63) is 44.6 Å². The second-order valence-corrected chi connectivity index (χ2v) is 5.39. The van der Waals surface area contributed by atoms with Crippen molar-refractivity contribution in [2.75, 3.05) is 5.73 Å². The molecule has 2 N–H and O–H groups in total. The van der Waals surface area contributed by atoms with Gasteiger partial charge in [0.05, 0.1) is 21.4 Å². The molecule has 0 aliphatic carbocycles. The van der Waals surface area contributed by atoms with Crippen LogP contribution in [0.15, 0.2) is 39.5 Å². The summed E-state index contributed by atoms with van der Waals surface area (Å²) in [6.07, 6.45) is 3.13. The molecule has 1 aromatic heterocycles. The number of nitrogen functional groups attached to an aromatic ring is 1. The highest BCUT2D eigenvalue weighted by Crippen LogP contribution is 2.37. The lowest BCUT2D eigenvalue weighted by molar-refractivity contribution is 0.481. The summed E-state index contributed by atoms with van der Waals surface area (Å²) in [5.41, 5.74) is 6.22. The van der Waals surface area contributed by atoms with Gasteiger partial charge in [-0.15, -0.1) is 0 Å². The quantitative estimate of drug-likeness (QED) is 0.829. The molecule has 0 aliphatic rings. The fourth-order valence-corrected chi connectivity index (χ4v) is 2.35. The first kappa shape index (κ1) is 12.7. The zero-order valence-corrected chi connectivity index (χ0v) is 12.4. The van der Waals surface area contributed by atoms with Crippen LogP contribution < -0.4 is 10.5 Å². The highest BCUT2D eigenvalue weighted by atomic mass is 79.9. The molecule has 0 aliphatic heterocycles. The molecule has 1 aromatic carbocycles. The van der Waals surface area contributed by atoms with Crippen molar-refractivity contribution in [2.45, 2.75) is 0 Å². The lowest BCUT2D eigenvalue weighted by atomic mass is 10.3. The lowest BCUT2D eigenvalue weighted by Gasteiger charge is -2.11. The van der Waals surface area contributed by atoms with E-state index in [2.05, 4.69) is 36.8 Å². The highest BCUT2D eigenvalue weighted by Gasteiger charge is 2.10. The summed E-state index contributed by atoms with van der Waals surface area (Å²) >= 11 is 12.7. The van der Waals surface area contributed by atoms with Crippen LogP contribution in [0.25, 0.3) is 0 Å². The summed E-state index contributed by atoms with van der Waals surface area (Å²) in [7, 11) is 0. The Morgan fingerprint density at radius 1 is 1.24 bits per heavy atom. The summed E-state index contributed by atoms with van der Waals surface area (Å²) in [5, 5.41) is 0.502. The number of benzene rings is 1. The highest BCUT2D eigenvalue weighted by molar-refractivity contribution is 9.10. The predicted molar refractivity (Wildman–Crippen MR) is 75.6 cm³/mol. The van der Waals surface area contributed by atoms with E-state index in [0.717, 1.165) is 4.47 Å². The molecule has 0 radical (unpaired) electrons. The molecule has 3 nitrogen and oxygen atoms in total. The minimum absolute atomic E-state index is 0.443. The zero-order chi connectivity index (χ0) is 12.4. The van der Waals surface area contributed by atoms with Gasteiger partial charge in [-0.3, -0.25) is 4.98 Å². The number of nitrogens with two attached hydrogens (primary N) is 1. The average molecular weight is 378 g/mol. The van der Waals surface area contributed by atoms with Gasteiger partial charge in [0.1, 0.15) is 5.75 Å². The van der Waals surface area contributed by atoms with Crippen molar-refractivity contribution in [3.8, 4) is 11.5 Å². The van der Waals surface area contributed by atoms with Gasteiger partial charge in [0.25, 0.3) is 0 Å².